The number of carboxylic acid groups (broad SMARTS) is 1. The van der Waals surface area contributed by atoms with E-state index in [0.29, 0.717) is 18.2 Å². The molecule has 0 aliphatic rings. The number of methoxy groups -OCH3 is 1. The van der Waals surface area contributed by atoms with Crippen LogP contribution in [0.4, 0.5) is 5.82 Å². The van der Waals surface area contributed by atoms with Gasteiger partial charge in [-0.25, -0.2) is 0 Å². The predicted molar refractivity (Wildman–Crippen MR) is 67.0 cm³/mol. The smallest absolute Gasteiger partial charge is 0.323 e. The van der Waals surface area contributed by atoms with Gasteiger partial charge in [-0.2, -0.15) is 4.98 Å². The molecule has 0 fully saturated rings. The van der Waals surface area contributed by atoms with Crippen LogP contribution in [0.15, 0.2) is 12.4 Å². The van der Waals surface area contributed by atoms with Gasteiger partial charge in [-0.3, -0.25) is 9.78 Å². The Bertz CT molecular complexity index is 398. The summed E-state index contributed by atoms with van der Waals surface area (Å²) in [7, 11) is 5.35. The number of nitrogens with zero attached hydrogens (tertiary/aromatic N) is 4. The van der Waals surface area contributed by atoms with Gasteiger partial charge in [0.1, 0.15) is 6.54 Å². The van der Waals surface area contributed by atoms with Crippen LogP contribution in [-0.2, 0) is 4.79 Å². The maximum atomic E-state index is 10.8. The normalized spacial score (nSPS) is 10.4. The molecule has 100 valence electrons. The van der Waals surface area contributed by atoms with Crippen molar-refractivity contribution in [1.29, 1.82) is 0 Å². The molecule has 0 aromatic carbocycles. The molecule has 0 saturated heterocycles. The van der Waals surface area contributed by atoms with E-state index in [4.69, 9.17) is 9.84 Å². The molecule has 1 N–H and O–H groups in total. The first-order valence-electron chi connectivity index (χ1n) is 5.50. The SMILES string of the molecule is COc1cncc(N(CCN(C)C)CC(=O)O)n1. The quantitative estimate of drug-likeness (QED) is 0.730. The highest BCUT2D eigenvalue weighted by atomic mass is 16.5. The molecule has 7 heteroatoms. The van der Waals surface area contributed by atoms with Gasteiger partial charge in [0.25, 0.3) is 0 Å². The topological polar surface area (TPSA) is 78.8 Å². The summed E-state index contributed by atoms with van der Waals surface area (Å²) < 4.78 is 4.98. The maximum Gasteiger partial charge on any atom is 0.323 e. The highest BCUT2D eigenvalue weighted by Gasteiger charge is 2.13. The van der Waals surface area contributed by atoms with E-state index in [1.807, 2.05) is 19.0 Å². The van der Waals surface area contributed by atoms with Gasteiger partial charge in [0.2, 0.25) is 5.88 Å². The van der Waals surface area contributed by atoms with Gasteiger partial charge in [-0.05, 0) is 14.1 Å². The number of ether oxygens (including phenoxy) is 1. The van der Waals surface area contributed by atoms with Gasteiger partial charge in [-0.15, -0.1) is 0 Å². The van der Waals surface area contributed by atoms with Crippen LogP contribution in [0.5, 0.6) is 5.88 Å². The average Bonchev–Trinajstić information content (AvgIpc) is 2.34. The third kappa shape index (κ3) is 4.54. The molecule has 0 saturated carbocycles. The van der Waals surface area contributed by atoms with E-state index < -0.39 is 5.97 Å². The Hall–Kier alpha value is -1.89. The lowest BCUT2D eigenvalue weighted by Crippen LogP contribution is -2.36. The third-order valence-corrected chi connectivity index (χ3v) is 2.28. The molecule has 0 unspecified atom stereocenters. The number of carboxylic acids is 1. The number of hydrogen-bond acceptors (Lipinski definition) is 6. The molecule has 18 heavy (non-hydrogen) atoms. The summed E-state index contributed by atoms with van der Waals surface area (Å²) in [6.07, 6.45) is 3.01. The summed E-state index contributed by atoms with van der Waals surface area (Å²) in [4.78, 5) is 22.6. The Labute approximate surface area is 106 Å². The molecule has 0 aliphatic carbocycles. The van der Waals surface area contributed by atoms with Crippen LogP contribution in [0.2, 0.25) is 0 Å². The number of aliphatic carboxylic acids is 1. The van der Waals surface area contributed by atoms with Crippen molar-refractivity contribution in [3.8, 4) is 5.88 Å². The average molecular weight is 254 g/mol. The molecule has 0 bridgehead atoms. The van der Waals surface area contributed by atoms with Crippen LogP contribution in [-0.4, -0.2) is 66.8 Å². The zero-order valence-electron chi connectivity index (χ0n) is 10.8. The van der Waals surface area contributed by atoms with Crippen molar-refractivity contribution in [3.63, 3.8) is 0 Å². The minimum atomic E-state index is -0.904. The van der Waals surface area contributed by atoms with E-state index in [1.54, 1.807) is 4.90 Å². The molecular formula is C11H18N4O3. The first-order chi connectivity index (χ1) is 8.52. The van der Waals surface area contributed by atoms with E-state index in [0.717, 1.165) is 6.54 Å². The lowest BCUT2D eigenvalue weighted by atomic mass is 10.4. The van der Waals surface area contributed by atoms with Crippen molar-refractivity contribution in [3.05, 3.63) is 12.4 Å². The van der Waals surface area contributed by atoms with E-state index in [1.165, 1.54) is 19.5 Å². The lowest BCUT2D eigenvalue weighted by Gasteiger charge is -2.23. The number of aromatic nitrogens is 2. The number of rotatable bonds is 7. The molecule has 1 aromatic rings. The van der Waals surface area contributed by atoms with Gasteiger partial charge in [0.15, 0.2) is 5.82 Å². The van der Waals surface area contributed by atoms with Gasteiger partial charge in [0.05, 0.1) is 19.5 Å². The minimum absolute atomic E-state index is 0.115. The van der Waals surface area contributed by atoms with Crippen molar-refractivity contribution in [1.82, 2.24) is 14.9 Å². The summed E-state index contributed by atoms with van der Waals surface area (Å²) in [5, 5.41) is 8.90. The largest absolute Gasteiger partial charge is 0.480 e. The first kappa shape index (κ1) is 14.2. The molecular weight excluding hydrogens is 236 g/mol. The molecule has 7 nitrogen and oxygen atoms in total. The second kappa shape index (κ2) is 6.75. The molecule has 0 amide bonds. The zero-order valence-corrected chi connectivity index (χ0v) is 10.8. The van der Waals surface area contributed by atoms with E-state index in [9.17, 15) is 4.79 Å². The van der Waals surface area contributed by atoms with E-state index in [-0.39, 0.29) is 6.54 Å². The van der Waals surface area contributed by atoms with Gasteiger partial charge in [0, 0.05) is 13.1 Å². The molecule has 1 rings (SSSR count). The number of hydrogen-bond donors (Lipinski definition) is 1. The standard InChI is InChI=1S/C11H18N4O3/c1-14(2)4-5-15(8-11(16)17)9-6-12-7-10(13-9)18-3/h6-7H,4-5,8H2,1-3H3,(H,16,17). The summed E-state index contributed by atoms with van der Waals surface area (Å²) in [5.41, 5.74) is 0. The van der Waals surface area contributed by atoms with E-state index >= 15 is 0 Å². The van der Waals surface area contributed by atoms with Gasteiger partial charge < -0.3 is 19.6 Å². The first-order valence-corrected chi connectivity index (χ1v) is 5.50. The van der Waals surface area contributed by atoms with Crippen LogP contribution < -0.4 is 9.64 Å². The van der Waals surface area contributed by atoms with Crippen LogP contribution in [0, 0.1) is 0 Å². The fourth-order valence-corrected chi connectivity index (χ4v) is 1.35. The van der Waals surface area contributed by atoms with Gasteiger partial charge >= 0.3 is 5.97 Å². The molecule has 0 spiro atoms. The Morgan fingerprint density at radius 3 is 2.67 bits per heavy atom. The second-order valence-electron chi connectivity index (χ2n) is 4.04. The Morgan fingerprint density at radius 1 is 1.39 bits per heavy atom. The fourth-order valence-electron chi connectivity index (χ4n) is 1.35. The van der Waals surface area contributed by atoms with Crippen molar-refractivity contribution < 1.29 is 14.6 Å². The zero-order chi connectivity index (χ0) is 13.5. The summed E-state index contributed by atoms with van der Waals surface area (Å²) in [6, 6.07) is 0. The van der Waals surface area contributed by atoms with E-state index in [2.05, 4.69) is 9.97 Å². The molecule has 0 atom stereocenters. The number of anilines is 1. The highest BCUT2D eigenvalue weighted by Crippen LogP contribution is 2.13. The highest BCUT2D eigenvalue weighted by molar-refractivity contribution is 5.73. The Kier molecular flexibility index (Phi) is 5.31. The molecule has 0 aliphatic heterocycles. The number of likely N-dealkylation sites (N-methyl/N-ethyl adjacent to an activating group) is 1. The van der Waals surface area contributed by atoms with Crippen LogP contribution >= 0.6 is 0 Å². The monoisotopic (exact) mass is 254 g/mol. The summed E-state index contributed by atoms with van der Waals surface area (Å²) in [5.74, 6) is -0.0373. The van der Waals surface area contributed by atoms with Gasteiger partial charge in [-0.1, -0.05) is 0 Å². The van der Waals surface area contributed by atoms with Crippen LogP contribution in [0.1, 0.15) is 0 Å². The van der Waals surface area contributed by atoms with Crippen molar-refractivity contribution in [2.45, 2.75) is 0 Å². The second-order valence-corrected chi connectivity index (χ2v) is 4.04. The van der Waals surface area contributed by atoms with Crippen molar-refractivity contribution >= 4 is 11.8 Å². The molecule has 1 heterocycles. The molecule has 1 aromatic heterocycles. The maximum absolute atomic E-state index is 10.8. The summed E-state index contributed by atoms with van der Waals surface area (Å²) >= 11 is 0. The van der Waals surface area contributed by atoms with Crippen molar-refractivity contribution in [2.24, 2.45) is 0 Å². The Morgan fingerprint density at radius 2 is 2.11 bits per heavy atom. The third-order valence-electron chi connectivity index (χ3n) is 2.28. The minimum Gasteiger partial charge on any atom is -0.480 e. The Balaban J connectivity index is 2.82. The van der Waals surface area contributed by atoms with Crippen molar-refractivity contribution in [2.75, 3.05) is 45.7 Å². The lowest BCUT2D eigenvalue weighted by molar-refractivity contribution is -0.135. The predicted octanol–water partition coefficient (Wildman–Crippen LogP) is -0.0622. The fraction of sp³-hybridized carbons (Fsp3) is 0.545. The molecule has 0 radical (unpaired) electrons. The number of carbonyl (C=O) groups is 1. The summed E-state index contributed by atoms with van der Waals surface area (Å²) in [6.45, 7) is 1.17. The van der Waals surface area contributed by atoms with Crippen LogP contribution in [0.3, 0.4) is 0 Å². The van der Waals surface area contributed by atoms with Crippen LogP contribution in [0.25, 0.3) is 0 Å².